The minimum Gasteiger partial charge on any atom is -0.507 e. The minimum absolute atomic E-state index is 0.00134. The molecule has 10 heteroatoms. The summed E-state index contributed by atoms with van der Waals surface area (Å²) in [6, 6.07) is 11.3. The number of rotatable bonds is 11. The van der Waals surface area contributed by atoms with Crippen LogP contribution in [0.15, 0.2) is 60.7 Å². The van der Waals surface area contributed by atoms with Gasteiger partial charge in [0.1, 0.15) is 34.8 Å². The summed E-state index contributed by atoms with van der Waals surface area (Å²) < 4.78 is 17.0. The van der Waals surface area contributed by atoms with Gasteiger partial charge in [0.05, 0.1) is 23.9 Å². The summed E-state index contributed by atoms with van der Waals surface area (Å²) in [6.45, 7) is 9.81. The van der Waals surface area contributed by atoms with Crippen molar-refractivity contribution in [1.82, 2.24) is 4.98 Å². The van der Waals surface area contributed by atoms with E-state index in [0.717, 1.165) is 41.9 Å². The molecule has 2 aliphatic rings. The van der Waals surface area contributed by atoms with Gasteiger partial charge in [-0.1, -0.05) is 55.9 Å². The summed E-state index contributed by atoms with van der Waals surface area (Å²) in [4.78, 5) is 46.0. The standard InChI is InChI=1S/C33H34N2O7S/c1-5-7-8-15-40-24-11-9-10-21(18-24)27-26(28(36)22-12-13-25-23(17-22)16-19(3)42-25)29(37)31(38)35(27)33-34-20(4)30(43-33)32(39)41-14-6-2/h6,9-13,17-19,27,36H,2,5,7-8,14-16H2,1,3-4H3/b28-26+/t19-,27-/m0/s1. The van der Waals surface area contributed by atoms with Gasteiger partial charge in [-0.15, -0.1) is 0 Å². The third-order valence-corrected chi connectivity index (χ3v) is 8.45. The number of aromatic nitrogens is 1. The first-order chi connectivity index (χ1) is 20.7. The Morgan fingerprint density at radius 1 is 1.23 bits per heavy atom. The minimum atomic E-state index is -1.02. The second-order valence-corrected chi connectivity index (χ2v) is 11.5. The summed E-state index contributed by atoms with van der Waals surface area (Å²) in [5.74, 6) is -1.33. The van der Waals surface area contributed by atoms with Crippen molar-refractivity contribution in [2.45, 2.75) is 58.6 Å². The number of nitrogens with zero attached hydrogens (tertiary/aromatic N) is 2. The van der Waals surface area contributed by atoms with E-state index in [1.807, 2.05) is 13.0 Å². The molecule has 43 heavy (non-hydrogen) atoms. The molecule has 2 aliphatic heterocycles. The Balaban J connectivity index is 1.61. The predicted octanol–water partition coefficient (Wildman–Crippen LogP) is 6.31. The van der Waals surface area contributed by atoms with Crippen molar-refractivity contribution in [2.75, 3.05) is 18.1 Å². The lowest BCUT2D eigenvalue weighted by atomic mass is 9.94. The second kappa shape index (κ2) is 12.8. The monoisotopic (exact) mass is 602 g/mol. The van der Waals surface area contributed by atoms with Crippen molar-refractivity contribution < 1.29 is 33.7 Å². The van der Waals surface area contributed by atoms with Gasteiger partial charge in [0.2, 0.25) is 0 Å². The van der Waals surface area contributed by atoms with Crippen molar-refractivity contribution in [2.24, 2.45) is 0 Å². The molecule has 1 amide bonds. The number of aryl methyl sites for hydroxylation is 1. The number of aliphatic hydroxyl groups excluding tert-OH is 1. The average Bonchev–Trinajstić information content (AvgIpc) is 3.65. The molecule has 5 rings (SSSR count). The van der Waals surface area contributed by atoms with E-state index in [9.17, 15) is 19.5 Å². The van der Waals surface area contributed by atoms with E-state index < -0.39 is 23.7 Å². The number of aliphatic hydroxyl groups is 1. The van der Waals surface area contributed by atoms with E-state index in [1.165, 1.54) is 11.0 Å². The van der Waals surface area contributed by atoms with Gasteiger partial charge in [-0.2, -0.15) is 0 Å². The van der Waals surface area contributed by atoms with Gasteiger partial charge in [-0.25, -0.2) is 9.78 Å². The predicted molar refractivity (Wildman–Crippen MR) is 164 cm³/mol. The second-order valence-electron chi connectivity index (χ2n) is 10.6. The molecule has 0 saturated carbocycles. The lowest BCUT2D eigenvalue weighted by molar-refractivity contribution is -0.132. The Hall–Kier alpha value is -4.44. The number of benzene rings is 2. The molecule has 0 radical (unpaired) electrons. The van der Waals surface area contributed by atoms with E-state index in [4.69, 9.17) is 14.2 Å². The highest BCUT2D eigenvalue weighted by Crippen LogP contribution is 2.45. The van der Waals surface area contributed by atoms with Crippen LogP contribution in [0.2, 0.25) is 0 Å². The highest BCUT2D eigenvalue weighted by molar-refractivity contribution is 7.17. The highest BCUT2D eigenvalue weighted by atomic mass is 32.1. The molecule has 3 aromatic rings. The summed E-state index contributed by atoms with van der Waals surface area (Å²) in [7, 11) is 0. The molecule has 0 bridgehead atoms. The molecule has 224 valence electrons. The Bertz CT molecular complexity index is 1610. The first-order valence-corrected chi connectivity index (χ1v) is 15.1. The molecule has 1 fully saturated rings. The molecule has 0 spiro atoms. The van der Waals surface area contributed by atoms with Crippen molar-refractivity contribution in [1.29, 1.82) is 0 Å². The number of carbonyl (C=O) groups is 3. The van der Waals surface area contributed by atoms with E-state index in [2.05, 4.69) is 18.5 Å². The van der Waals surface area contributed by atoms with Crippen LogP contribution >= 0.6 is 11.3 Å². The van der Waals surface area contributed by atoms with Crippen LogP contribution in [-0.4, -0.2) is 47.1 Å². The zero-order chi connectivity index (χ0) is 30.7. The summed E-state index contributed by atoms with van der Waals surface area (Å²) >= 11 is 0.950. The molecule has 1 aromatic heterocycles. The first-order valence-electron chi connectivity index (χ1n) is 14.3. The number of ether oxygens (including phenoxy) is 3. The summed E-state index contributed by atoms with van der Waals surface area (Å²) in [6.07, 6.45) is 5.10. The number of unbranched alkanes of at least 4 members (excludes halogenated alkanes) is 2. The fraction of sp³-hybridized carbons (Fsp3) is 0.333. The zero-order valence-electron chi connectivity index (χ0n) is 24.4. The molecule has 2 aromatic carbocycles. The number of ketones is 1. The Labute approximate surface area is 254 Å². The molecule has 1 N–H and O–H groups in total. The molecular formula is C33H34N2O7S. The highest BCUT2D eigenvalue weighted by Gasteiger charge is 2.48. The quantitative estimate of drug-likeness (QED) is 0.0678. The van der Waals surface area contributed by atoms with Gasteiger partial charge < -0.3 is 19.3 Å². The molecule has 0 unspecified atom stereocenters. The number of thiazole rings is 1. The number of esters is 1. The topological polar surface area (TPSA) is 115 Å². The van der Waals surface area contributed by atoms with Crippen LogP contribution in [0, 0.1) is 6.92 Å². The van der Waals surface area contributed by atoms with Crippen LogP contribution in [0.1, 0.15) is 71.2 Å². The number of amides is 1. The van der Waals surface area contributed by atoms with Crippen molar-refractivity contribution in [3.63, 3.8) is 0 Å². The van der Waals surface area contributed by atoms with Crippen LogP contribution in [0.25, 0.3) is 5.76 Å². The van der Waals surface area contributed by atoms with E-state index in [1.54, 1.807) is 43.3 Å². The zero-order valence-corrected chi connectivity index (χ0v) is 25.2. The van der Waals surface area contributed by atoms with Crippen LogP contribution in [0.4, 0.5) is 5.13 Å². The van der Waals surface area contributed by atoms with Crippen LogP contribution < -0.4 is 14.4 Å². The van der Waals surface area contributed by atoms with Gasteiger partial charge in [0, 0.05) is 12.0 Å². The van der Waals surface area contributed by atoms with Crippen molar-refractivity contribution in [3.05, 3.63) is 88.0 Å². The largest absolute Gasteiger partial charge is 0.507 e. The summed E-state index contributed by atoms with van der Waals surface area (Å²) in [5.41, 5.74) is 2.13. The van der Waals surface area contributed by atoms with Gasteiger partial charge in [-0.05, 0) is 61.7 Å². The van der Waals surface area contributed by atoms with Gasteiger partial charge in [0.25, 0.3) is 5.78 Å². The Morgan fingerprint density at radius 3 is 2.81 bits per heavy atom. The van der Waals surface area contributed by atoms with Crippen molar-refractivity contribution >= 4 is 39.9 Å². The molecule has 3 heterocycles. The fourth-order valence-corrected chi connectivity index (χ4v) is 6.25. The maximum absolute atomic E-state index is 13.7. The first kappa shape index (κ1) is 30.0. The Kier molecular flexibility index (Phi) is 8.96. The molecule has 9 nitrogen and oxygen atoms in total. The number of fused-ring (bicyclic) bond motifs is 1. The molecular weight excluding hydrogens is 568 g/mol. The average molecular weight is 603 g/mol. The number of hydrogen-bond acceptors (Lipinski definition) is 9. The maximum atomic E-state index is 13.7. The van der Waals surface area contributed by atoms with Crippen LogP contribution in [0.3, 0.4) is 0 Å². The summed E-state index contributed by atoms with van der Waals surface area (Å²) in [5, 5.41) is 11.8. The number of Topliss-reactive ketones (excluding diaryl/α,β-unsaturated/α-hetero) is 1. The number of anilines is 1. The van der Waals surface area contributed by atoms with Crippen LogP contribution in [0.5, 0.6) is 11.5 Å². The van der Waals surface area contributed by atoms with Crippen molar-refractivity contribution in [3.8, 4) is 11.5 Å². The van der Waals surface area contributed by atoms with Gasteiger partial charge >= 0.3 is 11.9 Å². The molecule has 2 atom stereocenters. The third-order valence-electron chi connectivity index (χ3n) is 7.31. The van der Waals surface area contributed by atoms with Gasteiger partial charge in [0.15, 0.2) is 5.13 Å². The lowest BCUT2D eigenvalue weighted by Gasteiger charge is -2.23. The SMILES string of the molecule is C=CCOC(=O)c1sc(N2C(=O)C(=O)/C(=C(/O)c3ccc4c(c3)C[C@H](C)O4)[C@@H]2c2cccc(OCCCCC)c2)nc1C. The Morgan fingerprint density at radius 2 is 2.05 bits per heavy atom. The number of hydrogen-bond donors (Lipinski definition) is 1. The molecule has 1 saturated heterocycles. The lowest BCUT2D eigenvalue weighted by Crippen LogP contribution is -2.29. The van der Waals surface area contributed by atoms with Gasteiger partial charge in [-0.3, -0.25) is 14.5 Å². The normalized spacial score (nSPS) is 18.8. The third kappa shape index (κ3) is 6.06. The maximum Gasteiger partial charge on any atom is 0.350 e. The number of carbonyl (C=O) groups excluding carboxylic acids is 3. The smallest absolute Gasteiger partial charge is 0.350 e. The molecule has 0 aliphatic carbocycles. The van der Waals surface area contributed by atoms with E-state index in [0.29, 0.717) is 35.6 Å². The van der Waals surface area contributed by atoms with Crippen LogP contribution in [-0.2, 0) is 20.7 Å². The van der Waals surface area contributed by atoms with E-state index >= 15 is 0 Å². The fourth-order valence-electron chi connectivity index (χ4n) is 5.26. The van der Waals surface area contributed by atoms with E-state index in [-0.39, 0.29) is 34.1 Å².